The Morgan fingerprint density at radius 1 is 0.800 bits per heavy atom. The van der Waals surface area contributed by atoms with Crippen LogP contribution in [0, 0.1) is 0 Å². The summed E-state index contributed by atoms with van der Waals surface area (Å²) in [5.41, 5.74) is 11.6. The van der Waals surface area contributed by atoms with Crippen molar-refractivity contribution in [1.29, 1.82) is 0 Å². The molecule has 0 heterocycles. The van der Waals surface area contributed by atoms with E-state index in [9.17, 15) is 0 Å². The summed E-state index contributed by atoms with van der Waals surface area (Å²) in [6.07, 6.45) is 4.40. The first-order valence-electron chi connectivity index (χ1n) is 6.10. The molecular weight excluding hydrogens is 182 g/mol. The lowest BCUT2D eigenvalue weighted by Gasteiger charge is -2.13. The van der Waals surface area contributed by atoms with Gasteiger partial charge in [-0.15, -0.1) is 0 Å². The topological polar surface area (TPSA) is 26.0 Å². The van der Waals surface area contributed by atoms with Crippen LogP contribution in [0.25, 0.3) is 0 Å². The minimum Gasteiger partial charge on any atom is -0.330 e. The summed E-state index contributed by atoms with van der Waals surface area (Å²) in [5, 5.41) is 0. The second-order valence-corrected chi connectivity index (χ2v) is 3.99. The average Bonchev–Trinajstić information content (AvgIpc) is 2.28. The summed E-state index contributed by atoms with van der Waals surface area (Å²) < 4.78 is 0. The van der Waals surface area contributed by atoms with Gasteiger partial charge in [-0.25, -0.2) is 0 Å². The van der Waals surface area contributed by atoms with Gasteiger partial charge >= 0.3 is 0 Å². The van der Waals surface area contributed by atoms with Gasteiger partial charge in [0, 0.05) is 0 Å². The Morgan fingerprint density at radius 3 is 1.60 bits per heavy atom. The number of benzene rings is 1. The molecule has 1 nitrogen and oxygen atoms in total. The fourth-order valence-electron chi connectivity index (χ4n) is 2.17. The molecule has 0 amide bonds. The van der Waals surface area contributed by atoms with Crippen molar-refractivity contribution >= 4 is 0 Å². The van der Waals surface area contributed by atoms with Crippen LogP contribution in [0.4, 0.5) is 0 Å². The van der Waals surface area contributed by atoms with Gasteiger partial charge in [0.2, 0.25) is 0 Å². The zero-order chi connectivity index (χ0) is 11.3. The molecule has 0 aliphatic rings. The van der Waals surface area contributed by atoms with Crippen LogP contribution in [0.15, 0.2) is 12.1 Å². The van der Waals surface area contributed by atoms with Crippen molar-refractivity contribution < 1.29 is 0 Å². The van der Waals surface area contributed by atoms with Gasteiger partial charge in [0.1, 0.15) is 0 Å². The molecule has 84 valence electrons. The SMILES string of the molecule is CCc1cc(CC)c(CCN)cc1CC. The fraction of sp³-hybridized carbons (Fsp3) is 0.571. The molecule has 0 fully saturated rings. The molecule has 0 aliphatic heterocycles. The molecule has 1 heteroatoms. The van der Waals surface area contributed by atoms with Gasteiger partial charge in [-0.2, -0.15) is 0 Å². The van der Waals surface area contributed by atoms with Crippen LogP contribution in [0.3, 0.4) is 0 Å². The predicted molar refractivity (Wildman–Crippen MR) is 67.3 cm³/mol. The van der Waals surface area contributed by atoms with Gasteiger partial charge in [0.15, 0.2) is 0 Å². The van der Waals surface area contributed by atoms with Crippen molar-refractivity contribution in [3.63, 3.8) is 0 Å². The fourth-order valence-corrected chi connectivity index (χ4v) is 2.17. The Labute approximate surface area is 93.7 Å². The Hall–Kier alpha value is -0.820. The van der Waals surface area contributed by atoms with Crippen LogP contribution < -0.4 is 5.73 Å². The maximum atomic E-state index is 5.65. The van der Waals surface area contributed by atoms with Crippen LogP contribution >= 0.6 is 0 Å². The molecule has 0 atom stereocenters. The van der Waals surface area contributed by atoms with Crippen LogP contribution in [0.5, 0.6) is 0 Å². The van der Waals surface area contributed by atoms with E-state index in [1.807, 2.05) is 0 Å². The van der Waals surface area contributed by atoms with Crippen LogP contribution in [-0.2, 0) is 25.7 Å². The van der Waals surface area contributed by atoms with Crippen molar-refractivity contribution in [2.45, 2.75) is 46.5 Å². The third-order valence-electron chi connectivity index (χ3n) is 3.08. The van der Waals surface area contributed by atoms with E-state index in [2.05, 4.69) is 32.9 Å². The summed E-state index contributed by atoms with van der Waals surface area (Å²) >= 11 is 0. The Kier molecular flexibility index (Phi) is 4.83. The summed E-state index contributed by atoms with van der Waals surface area (Å²) in [6.45, 7) is 7.44. The van der Waals surface area contributed by atoms with Crippen molar-refractivity contribution in [2.24, 2.45) is 5.73 Å². The molecular formula is C14H23N. The lowest BCUT2D eigenvalue weighted by atomic mass is 9.93. The third-order valence-corrected chi connectivity index (χ3v) is 3.08. The monoisotopic (exact) mass is 205 g/mol. The highest BCUT2D eigenvalue weighted by molar-refractivity contribution is 5.39. The summed E-state index contributed by atoms with van der Waals surface area (Å²) in [6, 6.07) is 4.74. The molecule has 0 saturated heterocycles. The third kappa shape index (κ3) is 2.82. The maximum absolute atomic E-state index is 5.65. The van der Waals surface area contributed by atoms with Crippen molar-refractivity contribution in [3.8, 4) is 0 Å². The van der Waals surface area contributed by atoms with Crippen molar-refractivity contribution in [1.82, 2.24) is 0 Å². The van der Waals surface area contributed by atoms with Crippen molar-refractivity contribution in [2.75, 3.05) is 6.54 Å². The highest BCUT2D eigenvalue weighted by atomic mass is 14.5. The molecule has 0 unspecified atom stereocenters. The smallest absolute Gasteiger partial charge is 0.00366 e. The maximum Gasteiger partial charge on any atom is -0.00366 e. The van der Waals surface area contributed by atoms with E-state index in [1.165, 1.54) is 22.3 Å². The summed E-state index contributed by atoms with van der Waals surface area (Å²) in [4.78, 5) is 0. The zero-order valence-corrected chi connectivity index (χ0v) is 10.3. The second kappa shape index (κ2) is 5.92. The van der Waals surface area contributed by atoms with E-state index in [1.54, 1.807) is 0 Å². The molecule has 0 aliphatic carbocycles. The average molecular weight is 205 g/mol. The predicted octanol–water partition coefficient (Wildman–Crippen LogP) is 2.88. The summed E-state index contributed by atoms with van der Waals surface area (Å²) in [5.74, 6) is 0. The second-order valence-electron chi connectivity index (χ2n) is 3.99. The van der Waals surface area contributed by atoms with E-state index in [0.717, 1.165) is 32.2 Å². The van der Waals surface area contributed by atoms with Crippen LogP contribution in [0.1, 0.15) is 43.0 Å². The molecule has 0 radical (unpaired) electrons. The minimum atomic E-state index is 0.752. The van der Waals surface area contributed by atoms with E-state index in [4.69, 9.17) is 5.73 Å². The van der Waals surface area contributed by atoms with Gasteiger partial charge in [-0.05, 0) is 54.5 Å². The zero-order valence-electron chi connectivity index (χ0n) is 10.3. The van der Waals surface area contributed by atoms with Gasteiger partial charge in [0.25, 0.3) is 0 Å². The highest BCUT2D eigenvalue weighted by Crippen LogP contribution is 2.19. The Balaban J connectivity index is 3.15. The van der Waals surface area contributed by atoms with Gasteiger partial charge in [-0.3, -0.25) is 0 Å². The first kappa shape index (κ1) is 12.3. The van der Waals surface area contributed by atoms with Crippen LogP contribution in [-0.4, -0.2) is 6.54 Å². The van der Waals surface area contributed by atoms with Crippen LogP contribution in [0.2, 0.25) is 0 Å². The quantitative estimate of drug-likeness (QED) is 0.786. The van der Waals surface area contributed by atoms with E-state index in [-0.39, 0.29) is 0 Å². The summed E-state index contributed by atoms with van der Waals surface area (Å²) in [7, 11) is 0. The molecule has 0 bridgehead atoms. The Morgan fingerprint density at radius 2 is 1.20 bits per heavy atom. The van der Waals surface area contributed by atoms with Crippen molar-refractivity contribution in [3.05, 3.63) is 34.4 Å². The molecule has 15 heavy (non-hydrogen) atoms. The molecule has 1 aromatic rings. The minimum absolute atomic E-state index is 0.752. The first-order chi connectivity index (χ1) is 7.26. The normalized spacial score (nSPS) is 10.7. The molecule has 2 N–H and O–H groups in total. The van der Waals surface area contributed by atoms with E-state index in [0.29, 0.717) is 0 Å². The standard InChI is InChI=1S/C14H23N/c1-4-11-9-13(6-3)14(7-8-15)10-12(11)5-2/h9-10H,4-8,15H2,1-3H3. The molecule has 0 aromatic heterocycles. The highest BCUT2D eigenvalue weighted by Gasteiger charge is 2.06. The van der Waals surface area contributed by atoms with E-state index < -0.39 is 0 Å². The van der Waals surface area contributed by atoms with Gasteiger partial charge in [-0.1, -0.05) is 32.9 Å². The molecule has 1 aromatic carbocycles. The van der Waals surface area contributed by atoms with Gasteiger partial charge in [0.05, 0.1) is 0 Å². The largest absolute Gasteiger partial charge is 0.330 e. The van der Waals surface area contributed by atoms with Gasteiger partial charge < -0.3 is 5.73 Å². The Bertz CT molecular complexity index is 315. The first-order valence-corrected chi connectivity index (χ1v) is 6.10. The molecule has 0 saturated carbocycles. The number of rotatable bonds is 5. The lowest BCUT2D eigenvalue weighted by molar-refractivity contribution is 0.919. The molecule has 1 rings (SSSR count). The number of nitrogens with two attached hydrogens (primary N) is 1. The molecule has 0 spiro atoms. The number of aryl methyl sites for hydroxylation is 3. The number of hydrogen-bond acceptors (Lipinski definition) is 1. The lowest BCUT2D eigenvalue weighted by Crippen LogP contribution is -2.07. The van der Waals surface area contributed by atoms with E-state index >= 15 is 0 Å². The number of hydrogen-bond donors (Lipinski definition) is 1.